The molecule has 2 unspecified atom stereocenters. The Morgan fingerprint density at radius 2 is 2.07 bits per heavy atom. The Labute approximate surface area is 162 Å². The smallest absolute Gasteiger partial charge is 0.168 e. The summed E-state index contributed by atoms with van der Waals surface area (Å²) in [5.41, 5.74) is 11.1. The van der Waals surface area contributed by atoms with Crippen LogP contribution in [0.3, 0.4) is 0 Å². The van der Waals surface area contributed by atoms with Gasteiger partial charge in [-0.2, -0.15) is 0 Å². The Morgan fingerprint density at radius 3 is 2.81 bits per heavy atom. The largest absolute Gasteiger partial charge is 0.494 e. The minimum Gasteiger partial charge on any atom is -0.494 e. The molecule has 2 nitrogen and oxygen atoms in total. The molecule has 0 aromatic heterocycles. The Bertz CT molecular complexity index is 758. The van der Waals surface area contributed by atoms with E-state index in [0.29, 0.717) is 17.6 Å². The summed E-state index contributed by atoms with van der Waals surface area (Å²) in [6, 6.07) is 12.4. The number of rotatable bonds is 8. The monoisotopic (exact) mass is 369 g/mol. The first-order valence-electron chi connectivity index (χ1n) is 10.3. The molecule has 2 aromatic carbocycles. The first kappa shape index (κ1) is 19.9. The predicted octanol–water partition coefficient (Wildman–Crippen LogP) is 5.41. The molecular formula is C24H32FNO. The molecule has 27 heavy (non-hydrogen) atoms. The topological polar surface area (TPSA) is 35.2 Å². The number of aryl methyl sites for hydroxylation is 2. The van der Waals surface area contributed by atoms with Crippen molar-refractivity contribution in [1.82, 2.24) is 0 Å². The normalized spacial score (nSPS) is 17.4. The van der Waals surface area contributed by atoms with Gasteiger partial charge in [-0.15, -0.1) is 0 Å². The molecule has 2 aromatic rings. The second-order valence-corrected chi connectivity index (χ2v) is 7.83. The van der Waals surface area contributed by atoms with Crippen LogP contribution in [0, 0.1) is 11.7 Å². The van der Waals surface area contributed by atoms with E-state index in [1.807, 2.05) is 12.1 Å². The van der Waals surface area contributed by atoms with E-state index in [4.69, 9.17) is 10.5 Å². The van der Waals surface area contributed by atoms with Gasteiger partial charge in [0.2, 0.25) is 0 Å². The highest BCUT2D eigenvalue weighted by atomic mass is 19.1. The van der Waals surface area contributed by atoms with Crippen molar-refractivity contribution in [2.45, 2.75) is 57.8 Å². The zero-order valence-corrected chi connectivity index (χ0v) is 16.6. The van der Waals surface area contributed by atoms with E-state index in [0.717, 1.165) is 44.2 Å². The lowest BCUT2D eigenvalue weighted by molar-refractivity contribution is 0.380. The van der Waals surface area contributed by atoms with Gasteiger partial charge in [0.25, 0.3) is 0 Å². The minimum atomic E-state index is -0.204. The van der Waals surface area contributed by atoms with Crippen LogP contribution < -0.4 is 10.5 Å². The number of hydrogen-bond donors (Lipinski definition) is 1. The first-order chi connectivity index (χ1) is 13.2. The Kier molecular flexibility index (Phi) is 6.89. The lowest BCUT2D eigenvalue weighted by atomic mass is 9.79. The molecular weight excluding hydrogens is 337 g/mol. The summed E-state index contributed by atoms with van der Waals surface area (Å²) in [7, 11) is 1.52. The molecule has 0 spiro atoms. The van der Waals surface area contributed by atoms with Gasteiger partial charge in [-0.3, -0.25) is 0 Å². The predicted molar refractivity (Wildman–Crippen MR) is 110 cm³/mol. The molecule has 0 fully saturated rings. The highest BCUT2D eigenvalue weighted by molar-refractivity contribution is 5.36. The van der Waals surface area contributed by atoms with Crippen LogP contribution in [0.2, 0.25) is 0 Å². The molecule has 0 bridgehead atoms. The van der Waals surface area contributed by atoms with Crippen molar-refractivity contribution in [2.24, 2.45) is 11.7 Å². The molecule has 0 heterocycles. The fraction of sp³-hybridized carbons (Fsp3) is 0.500. The van der Waals surface area contributed by atoms with Crippen LogP contribution in [0.4, 0.5) is 4.39 Å². The van der Waals surface area contributed by atoms with Gasteiger partial charge in [0.05, 0.1) is 7.11 Å². The molecule has 0 aliphatic heterocycles. The number of methoxy groups -OCH3 is 1. The van der Waals surface area contributed by atoms with Gasteiger partial charge in [-0.25, -0.2) is 4.39 Å². The highest BCUT2D eigenvalue weighted by Gasteiger charge is 2.21. The summed E-state index contributed by atoms with van der Waals surface area (Å²) in [5, 5.41) is 0. The SMILES string of the molecule is CCCC(CN)c1ccc2c(c1)CCC(CCc1cccc(OC)c1F)C2. The van der Waals surface area contributed by atoms with E-state index in [1.165, 1.54) is 36.6 Å². The van der Waals surface area contributed by atoms with E-state index in [2.05, 4.69) is 25.1 Å². The van der Waals surface area contributed by atoms with E-state index < -0.39 is 0 Å². The van der Waals surface area contributed by atoms with Crippen LogP contribution in [-0.4, -0.2) is 13.7 Å². The Balaban J connectivity index is 1.63. The van der Waals surface area contributed by atoms with Crippen molar-refractivity contribution >= 4 is 0 Å². The average Bonchev–Trinajstić information content (AvgIpc) is 2.70. The molecule has 3 heteroatoms. The third-order valence-electron chi connectivity index (χ3n) is 6.04. The molecule has 1 aliphatic carbocycles. The molecule has 2 atom stereocenters. The summed E-state index contributed by atoms with van der Waals surface area (Å²) in [6.45, 7) is 2.94. The quantitative estimate of drug-likeness (QED) is 0.675. The maximum Gasteiger partial charge on any atom is 0.168 e. The summed E-state index contributed by atoms with van der Waals surface area (Å²) in [6.07, 6.45) is 7.52. The van der Waals surface area contributed by atoms with Gasteiger partial charge in [0.15, 0.2) is 11.6 Å². The van der Waals surface area contributed by atoms with Gasteiger partial charge >= 0.3 is 0 Å². The molecule has 0 amide bonds. The number of hydrogen-bond acceptors (Lipinski definition) is 2. The summed E-state index contributed by atoms with van der Waals surface area (Å²) >= 11 is 0. The third-order valence-corrected chi connectivity index (χ3v) is 6.04. The van der Waals surface area contributed by atoms with E-state index in [-0.39, 0.29) is 5.82 Å². The summed E-state index contributed by atoms with van der Waals surface area (Å²) < 4.78 is 19.4. The number of fused-ring (bicyclic) bond motifs is 1. The van der Waals surface area contributed by atoms with Crippen molar-refractivity contribution in [3.8, 4) is 5.75 Å². The van der Waals surface area contributed by atoms with Gasteiger partial charge in [0, 0.05) is 0 Å². The van der Waals surface area contributed by atoms with Gasteiger partial charge in [-0.05, 0) is 85.2 Å². The minimum absolute atomic E-state index is 0.204. The second kappa shape index (κ2) is 9.36. The fourth-order valence-electron chi connectivity index (χ4n) is 4.39. The zero-order valence-electron chi connectivity index (χ0n) is 16.6. The maximum atomic E-state index is 14.3. The molecule has 146 valence electrons. The number of halogens is 1. The third kappa shape index (κ3) is 4.70. The number of nitrogens with two attached hydrogens (primary N) is 1. The van der Waals surface area contributed by atoms with Crippen LogP contribution in [-0.2, 0) is 19.3 Å². The molecule has 3 rings (SSSR count). The summed E-state index contributed by atoms with van der Waals surface area (Å²) in [4.78, 5) is 0. The fourth-order valence-corrected chi connectivity index (χ4v) is 4.39. The molecule has 0 saturated heterocycles. The standard InChI is InChI=1S/C24H32FNO/c1-3-5-22(16-26)21-13-12-19-14-17(9-11-20(19)15-21)8-10-18-6-4-7-23(27-2)24(18)25/h4,6-7,12-13,15,17,22H,3,5,8-11,14,16,26H2,1-2H3. The van der Waals surface area contributed by atoms with Crippen LogP contribution in [0.5, 0.6) is 5.75 Å². The van der Waals surface area contributed by atoms with Crippen LogP contribution in [0.25, 0.3) is 0 Å². The summed E-state index contributed by atoms with van der Waals surface area (Å²) in [5.74, 6) is 1.24. The van der Waals surface area contributed by atoms with E-state index in [1.54, 1.807) is 6.07 Å². The van der Waals surface area contributed by atoms with Crippen molar-refractivity contribution in [3.05, 3.63) is 64.5 Å². The highest BCUT2D eigenvalue weighted by Crippen LogP contribution is 2.32. The van der Waals surface area contributed by atoms with Crippen molar-refractivity contribution < 1.29 is 9.13 Å². The van der Waals surface area contributed by atoms with Crippen LogP contribution >= 0.6 is 0 Å². The van der Waals surface area contributed by atoms with Crippen molar-refractivity contribution in [1.29, 1.82) is 0 Å². The lowest BCUT2D eigenvalue weighted by Gasteiger charge is -2.26. The lowest BCUT2D eigenvalue weighted by Crippen LogP contribution is -2.17. The van der Waals surface area contributed by atoms with Crippen LogP contribution in [0.1, 0.15) is 60.8 Å². The van der Waals surface area contributed by atoms with E-state index >= 15 is 0 Å². The number of benzene rings is 2. The van der Waals surface area contributed by atoms with Crippen molar-refractivity contribution in [2.75, 3.05) is 13.7 Å². The maximum absolute atomic E-state index is 14.3. The van der Waals surface area contributed by atoms with E-state index in [9.17, 15) is 4.39 Å². The number of ether oxygens (including phenoxy) is 1. The first-order valence-corrected chi connectivity index (χ1v) is 10.3. The molecule has 1 aliphatic rings. The van der Waals surface area contributed by atoms with Gasteiger partial charge in [0.1, 0.15) is 0 Å². The van der Waals surface area contributed by atoms with Crippen LogP contribution in [0.15, 0.2) is 36.4 Å². The van der Waals surface area contributed by atoms with Crippen molar-refractivity contribution in [3.63, 3.8) is 0 Å². The molecule has 0 saturated carbocycles. The van der Waals surface area contributed by atoms with Gasteiger partial charge < -0.3 is 10.5 Å². The van der Waals surface area contributed by atoms with Gasteiger partial charge in [-0.1, -0.05) is 43.7 Å². The zero-order chi connectivity index (χ0) is 19.2. The average molecular weight is 370 g/mol. The Morgan fingerprint density at radius 1 is 1.22 bits per heavy atom. The Hall–Kier alpha value is -1.87. The molecule has 0 radical (unpaired) electrons. The second-order valence-electron chi connectivity index (χ2n) is 7.83. The molecule has 2 N–H and O–H groups in total.